The molecule has 17 heavy (non-hydrogen) atoms. The zero-order valence-electron chi connectivity index (χ0n) is 10.9. The number of nitrogens with zero attached hydrogens (tertiary/aromatic N) is 2. The van der Waals surface area contributed by atoms with Gasteiger partial charge in [-0.25, -0.2) is 9.97 Å². The molecule has 0 saturated heterocycles. The van der Waals surface area contributed by atoms with Crippen molar-refractivity contribution in [1.82, 2.24) is 9.97 Å². The van der Waals surface area contributed by atoms with E-state index in [1.165, 1.54) is 5.56 Å². The zero-order chi connectivity index (χ0) is 12.5. The van der Waals surface area contributed by atoms with Crippen molar-refractivity contribution in [3.05, 3.63) is 47.8 Å². The fourth-order valence-electron chi connectivity index (χ4n) is 1.65. The predicted molar refractivity (Wildman–Crippen MR) is 70.9 cm³/mol. The summed E-state index contributed by atoms with van der Waals surface area (Å²) >= 11 is 0. The third-order valence-electron chi connectivity index (χ3n) is 2.79. The summed E-state index contributed by atoms with van der Waals surface area (Å²) in [4.78, 5) is 8.89. The molecule has 0 aliphatic rings. The first kappa shape index (κ1) is 11.8. The Bertz CT molecular complexity index is 507. The van der Waals surface area contributed by atoms with Crippen LogP contribution in [0.15, 0.2) is 36.7 Å². The van der Waals surface area contributed by atoms with Crippen LogP contribution in [0.3, 0.4) is 0 Å². The van der Waals surface area contributed by atoms with E-state index in [2.05, 4.69) is 49.8 Å². The highest BCUT2D eigenvalue weighted by Crippen LogP contribution is 2.22. The van der Waals surface area contributed by atoms with Gasteiger partial charge in [-0.05, 0) is 24.0 Å². The van der Waals surface area contributed by atoms with Crippen LogP contribution in [0.4, 0.5) is 0 Å². The molecular weight excluding hydrogens is 208 g/mol. The molecule has 0 aliphatic carbocycles. The first-order valence-electron chi connectivity index (χ1n) is 5.86. The fourth-order valence-corrected chi connectivity index (χ4v) is 1.65. The van der Waals surface area contributed by atoms with E-state index in [0.29, 0.717) is 0 Å². The van der Waals surface area contributed by atoms with Crippen LogP contribution in [-0.2, 0) is 5.41 Å². The number of aromatic nitrogens is 2. The van der Waals surface area contributed by atoms with Crippen LogP contribution in [0.1, 0.15) is 31.9 Å². The van der Waals surface area contributed by atoms with Gasteiger partial charge in [0.15, 0.2) is 5.82 Å². The summed E-state index contributed by atoms with van der Waals surface area (Å²) < 4.78 is 0. The minimum Gasteiger partial charge on any atom is -0.236 e. The number of benzene rings is 1. The predicted octanol–water partition coefficient (Wildman–Crippen LogP) is 3.75. The quantitative estimate of drug-likeness (QED) is 0.740. The number of rotatable bonds is 1. The van der Waals surface area contributed by atoms with Crippen molar-refractivity contribution in [3.8, 4) is 11.4 Å². The second kappa shape index (κ2) is 4.28. The van der Waals surface area contributed by atoms with Crippen molar-refractivity contribution in [2.75, 3.05) is 0 Å². The van der Waals surface area contributed by atoms with Crippen molar-refractivity contribution in [1.29, 1.82) is 0 Å². The molecule has 2 rings (SSSR count). The highest BCUT2D eigenvalue weighted by atomic mass is 14.9. The largest absolute Gasteiger partial charge is 0.236 e. The van der Waals surface area contributed by atoms with E-state index in [0.717, 1.165) is 17.0 Å². The first-order chi connectivity index (χ1) is 7.97. The number of hydrogen-bond donors (Lipinski definition) is 0. The van der Waals surface area contributed by atoms with E-state index < -0.39 is 0 Å². The summed E-state index contributed by atoms with van der Waals surface area (Å²) in [6, 6.07) is 8.25. The van der Waals surface area contributed by atoms with Gasteiger partial charge in [-0.3, -0.25) is 0 Å². The minimum absolute atomic E-state index is 0.102. The lowest BCUT2D eigenvalue weighted by molar-refractivity contribution is 0.584. The van der Waals surface area contributed by atoms with Crippen molar-refractivity contribution < 1.29 is 0 Å². The van der Waals surface area contributed by atoms with Gasteiger partial charge in [0.1, 0.15) is 0 Å². The van der Waals surface area contributed by atoms with Crippen LogP contribution >= 0.6 is 0 Å². The van der Waals surface area contributed by atoms with Crippen LogP contribution in [0, 0.1) is 6.92 Å². The van der Waals surface area contributed by atoms with E-state index in [-0.39, 0.29) is 5.41 Å². The topological polar surface area (TPSA) is 25.8 Å². The van der Waals surface area contributed by atoms with E-state index in [1.807, 2.05) is 24.5 Å². The van der Waals surface area contributed by atoms with Gasteiger partial charge in [-0.2, -0.15) is 0 Å². The smallest absolute Gasteiger partial charge is 0.159 e. The van der Waals surface area contributed by atoms with Crippen molar-refractivity contribution in [3.63, 3.8) is 0 Å². The van der Waals surface area contributed by atoms with Crippen LogP contribution < -0.4 is 0 Å². The maximum atomic E-state index is 4.45. The van der Waals surface area contributed by atoms with E-state index in [1.54, 1.807) is 0 Å². The van der Waals surface area contributed by atoms with Gasteiger partial charge < -0.3 is 0 Å². The van der Waals surface area contributed by atoms with Gasteiger partial charge in [0, 0.05) is 18.0 Å². The van der Waals surface area contributed by atoms with Gasteiger partial charge in [-0.15, -0.1) is 0 Å². The summed E-state index contributed by atoms with van der Waals surface area (Å²) in [5, 5.41) is 0. The summed E-state index contributed by atoms with van der Waals surface area (Å²) in [5.41, 5.74) is 3.57. The maximum absolute atomic E-state index is 4.45. The Morgan fingerprint density at radius 3 is 2.18 bits per heavy atom. The maximum Gasteiger partial charge on any atom is 0.159 e. The summed E-state index contributed by atoms with van der Waals surface area (Å²) in [6.07, 6.45) is 3.84. The van der Waals surface area contributed by atoms with Gasteiger partial charge in [0.2, 0.25) is 0 Å². The van der Waals surface area contributed by atoms with Gasteiger partial charge in [0.25, 0.3) is 0 Å². The molecular formula is C15H18N2. The summed E-state index contributed by atoms with van der Waals surface area (Å²) in [7, 11) is 0. The molecule has 2 heteroatoms. The molecule has 0 radical (unpaired) electrons. The Morgan fingerprint density at radius 2 is 1.65 bits per heavy atom. The third-order valence-corrected chi connectivity index (χ3v) is 2.79. The molecule has 2 nitrogen and oxygen atoms in total. The highest BCUT2D eigenvalue weighted by Gasteiger charge is 2.14. The molecule has 1 aromatic heterocycles. The molecule has 0 amide bonds. The Hall–Kier alpha value is -1.70. The van der Waals surface area contributed by atoms with Crippen molar-refractivity contribution in [2.24, 2.45) is 0 Å². The molecule has 1 heterocycles. The van der Waals surface area contributed by atoms with Crippen LogP contribution in [0.5, 0.6) is 0 Å². The monoisotopic (exact) mass is 226 g/mol. The Labute approximate surface area is 103 Å². The molecule has 0 unspecified atom stereocenters. The highest BCUT2D eigenvalue weighted by molar-refractivity contribution is 5.55. The van der Waals surface area contributed by atoms with Gasteiger partial charge >= 0.3 is 0 Å². The van der Waals surface area contributed by atoms with Crippen LogP contribution in [-0.4, -0.2) is 9.97 Å². The molecule has 1 aromatic carbocycles. The molecule has 2 aromatic rings. The first-order valence-corrected chi connectivity index (χ1v) is 5.86. The molecule has 0 aliphatic heterocycles. The number of hydrogen-bond acceptors (Lipinski definition) is 2. The molecule has 0 saturated carbocycles. The Kier molecular flexibility index (Phi) is 2.97. The molecule has 88 valence electrons. The third kappa shape index (κ3) is 2.70. The van der Waals surface area contributed by atoms with Crippen LogP contribution in [0.2, 0.25) is 0 Å². The molecule has 0 N–H and O–H groups in total. The van der Waals surface area contributed by atoms with Crippen LogP contribution in [0.25, 0.3) is 11.4 Å². The normalized spacial score (nSPS) is 11.5. The molecule has 0 fully saturated rings. The second-order valence-corrected chi connectivity index (χ2v) is 5.41. The van der Waals surface area contributed by atoms with Crippen molar-refractivity contribution in [2.45, 2.75) is 33.1 Å². The molecule has 0 atom stereocenters. The Morgan fingerprint density at radius 1 is 1.00 bits per heavy atom. The van der Waals surface area contributed by atoms with E-state index in [4.69, 9.17) is 0 Å². The average molecular weight is 226 g/mol. The average Bonchev–Trinajstić information content (AvgIpc) is 2.28. The Balaban J connectivity index is 2.36. The standard InChI is InChI=1S/C15H18N2/c1-11-6-5-7-12(8-11)14-16-9-13(10-17-14)15(2,3)4/h5-10H,1-4H3. The lowest BCUT2D eigenvalue weighted by Crippen LogP contribution is -2.12. The van der Waals surface area contributed by atoms with Gasteiger partial charge in [0.05, 0.1) is 0 Å². The zero-order valence-corrected chi connectivity index (χ0v) is 10.9. The minimum atomic E-state index is 0.102. The number of aryl methyl sites for hydroxylation is 1. The second-order valence-electron chi connectivity index (χ2n) is 5.41. The van der Waals surface area contributed by atoms with E-state index >= 15 is 0 Å². The lowest BCUT2D eigenvalue weighted by Gasteiger charge is -2.17. The summed E-state index contributed by atoms with van der Waals surface area (Å²) in [5.74, 6) is 0.793. The fraction of sp³-hybridized carbons (Fsp3) is 0.333. The molecule has 0 bridgehead atoms. The lowest BCUT2D eigenvalue weighted by atomic mass is 9.89. The SMILES string of the molecule is Cc1cccc(-c2ncc(C(C)(C)C)cn2)c1. The van der Waals surface area contributed by atoms with E-state index in [9.17, 15) is 0 Å². The molecule has 0 spiro atoms. The van der Waals surface area contributed by atoms with Gasteiger partial charge in [-0.1, -0.05) is 44.5 Å². The summed E-state index contributed by atoms with van der Waals surface area (Å²) in [6.45, 7) is 8.57. The van der Waals surface area contributed by atoms with Crippen molar-refractivity contribution >= 4 is 0 Å².